The van der Waals surface area contributed by atoms with Gasteiger partial charge < -0.3 is 5.32 Å². The monoisotopic (exact) mass is 446 g/mol. The number of nitrogens with one attached hydrogen (secondary N) is 1. The minimum atomic E-state index is -3.38. The van der Waals surface area contributed by atoms with Gasteiger partial charge in [0.1, 0.15) is 5.65 Å². The second kappa shape index (κ2) is 7.53. The zero-order chi connectivity index (χ0) is 21.8. The number of piperidine rings is 1. The second-order valence-electron chi connectivity index (χ2n) is 9.39. The predicted octanol–water partition coefficient (Wildman–Crippen LogP) is 1.98. The van der Waals surface area contributed by atoms with Gasteiger partial charge in [0.15, 0.2) is 0 Å². The summed E-state index contributed by atoms with van der Waals surface area (Å²) >= 11 is 0. The molecule has 0 radical (unpaired) electrons. The van der Waals surface area contributed by atoms with E-state index in [9.17, 15) is 13.2 Å². The largest absolute Gasteiger partial charge is 0.351 e. The van der Waals surface area contributed by atoms with Crippen LogP contribution in [0.25, 0.3) is 11.0 Å². The highest BCUT2D eigenvalue weighted by molar-refractivity contribution is 7.86. The topological polar surface area (TPSA) is 100 Å². The van der Waals surface area contributed by atoms with Crippen molar-refractivity contribution in [1.29, 1.82) is 0 Å². The molecule has 0 amide bonds. The Morgan fingerprint density at radius 3 is 2.55 bits per heavy atom. The highest BCUT2D eigenvalue weighted by Crippen LogP contribution is 2.63. The molecule has 3 fully saturated rings. The fraction of sp³-hybridized carbons (Fsp3) is 0.667. The Bertz CT molecular complexity index is 1150. The fourth-order valence-corrected chi connectivity index (χ4v) is 6.45. The maximum absolute atomic E-state index is 12.8. The summed E-state index contributed by atoms with van der Waals surface area (Å²) < 4.78 is 29.3. The highest BCUT2D eigenvalue weighted by atomic mass is 32.2. The summed E-state index contributed by atoms with van der Waals surface area (Å²) in [6.45, 7) is 0.919. The molecule has 5 rings (SSSR count). The van der Waals surface area contributed by atoms with Crippen LogP contribution in [0.5, 0.6) is 0 Å². The third-order valence-electron chi connectivity index (χ3n) is 7.30. The van der Waals surface area contributed by atoms with E-state index in [2.05, 4.69) is 10.3 Å². The second-order valence-corrected chi connectivity index (χ2v) is 11.5. The van der Waals surface area contributed by atoms with Gasteiger partial charge in [0.2, 0.25) is 5.95 Å². The molecule has 9 nitrogen and oxygen atoms in total. The third-order valence-corrected chi connectivity index (χ3v) is 9.25. The third kappa shape index (κ3) is 3.64. The standard InChI is InChI=1S/C21H30N6O3S/c1-25(2)31(29,30)26-12-7-16(8-13-26)23-20-22-14-15-5-6-18(28)27(19(15)24-20)17-4-3-9-21(17)10-11-21/h5-6,14,16-17H,3-4,7-13H2,1-2H3,(H,22,23,24)/t17-/m0/s1. The number of fused-ring (bicyclic) bond motifs is 1. The van der Waals surface area contributed by atoms with Crippen LogP contribution < -0.4 is 10.9 Å². The van der Waals surface area contributed by atoms with Gasteiger partial charge in [-0.1, -0.05) is 6.42 Å². The van der Waals surface area contributed by atoms with Crippen molar-refractivity contribution in [2.75, 3.05) is 32.5 Å². The Hall–Kier alpha value is -2.04. The Morgan fingerprint density at radius 2 is 1.87 bits per heavy atom. The van der Waals surface area contributed by atoms with Gasteiger partial charge >= 0.3 is 0 Å². The van der Waals surface area contributed by atoms with Crippen molar-refractivity contribution < 1.29 is 8.42 Å². The molecule has 2 saturated carbocycles. The van der Waals surface area contributed by atoms with E-state index in [1.807, 2.05) is 4.57 Å². The van der Waals surface area contributed by atoms with Gasteiger partial charge in [-0.3, -0.25) is 9.36 Å². The van der Waals surface area contributed by atoms with Gasteiger partial charge in [-0.25, -0.2) is 4.98 Å². The molecular formula is C21H30N6O3S. The van der Waals surface area contributed by atoms with E-state index in [-0.39, 0.29) is 17.6 Å². The SMILES string of the molecule is CN(C)S(=O)(=O)N1CCC(Nc2ncc3ccc(=O)n([C@H]4CCCC45CC5)c3n2)CC1. The number of hydrogen-bond acceptors (Lipinski definition) is 6. The number of anilines is 1. The van der Waals surface area contributed by atoms with E-state index in [0.717, 1.165) is 18.2 Å². The van der Waals surface area contributed by atoms with E-state index >= 15 is 0 Å². The van der Waals surface area contributed by atoms with Gasteiger partial charge in [0, 0.05) is 56.9 Å². The average Bonchev–Trinajstić information content (AvgIpc) is 3.41. The first-order valence-corrected chi connectivity index (χ1v) is 12.5. The van der Waals surface area contributed by atoms with Gasteiger partial charge in [-0.05, 0) is 50.0 Å². The smallest absolute Gasteiger partial charge is 0.281 e. The van der Waals surface area contributed by atoms with E-state index in [1.54, 1.807) is 32.4 Å². The average molecular weight is 447 g/mol. The van der Waals surface area contributed by atoms with Crippen molar-refractivity contribution in [3.05, 3.63) is 28.7 Å². The minimum Gasteiger partial charge on any atom is -0.351 e. The molecule has 2 aromatic heterocycles. The van der Waals surface area contributed by atoms with Crippen LogP contribution >= 0.6 is 0 Å². The summed E-state index contributed by atoms with van der Waals surface area (Å²) in [5.41, 5.74) is 1.01. The zero-order valence-corrected chi connectivity index (χ0v) is 18.9. The molecule has 0 bridgehead atoms. The molecule has 1 spiro atoms. The molecule has 1 atom stereocenters. The molecule has 2 aliphatic carbocycles. The summed E-state index contributed by atoms with van der Waals surface area (Å²) in [4.78, 5) is 22.1. The number of rotatable bonds is 5. The van der Waals surface area contributed by atoms with Crippen LogP contribution in [0.15, 0.2) is 23.1 Å². The van der Waals surface area contributed by atoms with Crippen molar-refractivity contribution >= 4 is 27.2 Å². The summed E-state index contributed by atoms with van der Waals surface area (Å²) in [5.74, 6) is 0.503. The first kappa shape index (κ1) is 20.8. The first-order chi connectivity index (χ1) is 14.8. The lowest BCUT2D eigenvalue weighted by Crippen LogP contribution is -2.46. The van der Waals surface area contributed by atoms with Crippen LogP contribution in [0, 0.1) is 5.41 Å². The Balaban J connectivity index is 1.37. The van der Waals surface area contributed by atoms with E-state index < -0.39 is 10.2 Å². The molecule has 0 aromatic carbocycles. The Morgan fingerprint density at radius 1 is 1.13 bits per heavy atom. The van der Waals surface area contributed by atoms with Crippen LogP contribution in [0.4, 0.5) is 5.95 Å². The lowest BCUT2D eigenvalue weighted by atomic mass is 10.00. The minimum absolute atomic E-state index is 0.0116. The Kier molecular flexibility index (Phi) is 5.06. The number of hydrogen-bond donors (Lipinski definition) is 1. The maximum atomic E-state index is 12.8. The van der Waals surface area contributed by atoms with Crippen LogP contribution in [0.2, 0.25) is 0 Å². The van der Waals surface area contributed by atoms with Crippen molar-refractivity contribution in [2.45, 2.75) is 57.0 Å². The molecular weight excluding hydrogens is 416 g/mol. The van der Waals surface area contributed by atoms with E-state index in [0.29, 0.717) is 42.9 Å². The zero-order valence-electron chi connectivity index (χ0n) is 18.1. The normalized spacial score (nSPS) is 24.3. The summed E-state index contributed by atoms with van der Waals surface area (Å²) in [5, 5.41) is 4.25. The van der Waals surface area contributed by atoms with Gasteiger partial charge in [0.05, 0.1) is 0 Å². The lowest BCUT2D eigenvalue weighted by Gasteiger charge is -2.33. The van der Waals surface area contributed by atoms with Crippen LogP contribution in [-0.4, -0.2) is 64.8 Å². The number of pyridine rings is 1. The molecule has 2 aromatic rings. The maximum Gasteiger partial charge on any atom is 0.281 e. The number of nitrogens with zero attached hydrogens (tertiary/aromatic N) is 5. The van der Waals surface area contributed by atoms with Crippen LogP contribution in [-0.2, 0) is 10.2 Å². The van der Waals surface area contributed by atoms with Crippen LogP contribution in [0.3, 0.4) is 0 Å². The molecule has 1 aliphatic heterocycles. The van der Waals surface area contributed by atoms with Crippen molar-refractivity contribution in [2.24, 2.45) is 5.41 Å². The molecule has 1 N–H and O–H groups in total. The summed E-state index contributed by atoms with van der Waals surface area (Å²) in [6, 6.07) is 3.76. The summed E-state index contributed by atoms with van der Waals surface area (Å²) in [7, 11) is -0.273. The van der Waals surface area contributed by atoms with Gasteiger partial charge in [-0.2, -0.15) is 22.0 Å². The first-order valence-electron chi connectivity index (χ1n) is 11.1. The highest BCUT2D eigenvalue weighted by Gasteiger charge is 2.53. The van der Waals surface area contributed by atoms with Gasteiger partial charge in [0.25, 0.3) is 15.8 Å². The van der Waals surface area contributed by atoms with Crippen LogP contribution in [0.1, 0.15) is 51.0 Å². The molecule has 168 valence electrons. The van der Waals surface area contributed by atoms with Crippen molar-refractivity contribution in [3.63, 3.8) is 0 Å². The molecule has 1 saturated heterocycles. The lowest BCUT2D eigenvalue weighted by molar-refractivity contribution is 0.310. The van der Waals surface area contributed by atoms with Gasteiger partial charge in [-0.15, -0.1) is 0 Å². The molecule has 3 aliphatic rings. The summed E-state index contributed by atoms with van der Waals surface area (Å²) in [6.07, 6.45) is 8.94. The molecule has 0 unspecified atom stereocenters. The predicted molar refractivity (Wildman–Crippen MR) is 119 cm³/mol. The fourth-order valence-electron chi connectivity index (χ4n) is 5.32. The molecule has 3 heterocycles. The number of aromatic nitrogens is 3. The van der Waals surface area contributed by atoms with Crippen molar-refractivity contribution in [1.82, 2.24) is 23.1 Å². The quantitative estimate of drug-likeness (QED) is 0.754. The molecule has 10 heteroatoms. The van der Waals surface area contributed by atoms with E-state index in [1.165, 1.54) is 27.9 Å². The Labute approximate surface area is 182 Å². The van der Waals surface area contributed by atoms with E-state index in [4.69, 9.17) is 4.98 Å². The van der Waals surface area contributed by atoms with Crippen molar-refractivity contribution in [3.8, 4) is 0 Å². The molecule has 31 heavy (non-hydrogen) atoms.